The van der Waals surface area contributed by atoms with Crippen LogP contribution in [0.3, 0.4) is 0 Å². The Bertz CT molecular complexity index is 572. The van der Waals surface area contributed by atoms with Gasteiger partial charge in [-0.05, 0) is 49.9 Å². The topological polar surface area (TPSA) is 84.9 Å². The third-order valence-corrected chi connectivity index (χ3v) is 3.85. The van der Waals surface area contributed by atoms with Crippen molar-refractivity contribution >= 4 is 17.6 Å². The number of carboxylic acids is 1. The molecule has 1 saturated heterocycles. The smallest absolute Gasteiger partial charge is 0.335 e. The molecule has 1 aromatic carbocycles. The zero-order chi connectivity index (χ0) is 16.8. The number of amides is 1. The van der Waals surface area contributed by atoms with E-state index in [0.29, 0.717) is 24.1 Å². The van der Waals surface area contributed by atoms with Crippen molar-refractivity contribution in [1.82, 2.24) is 0 Å². The number of hydrogen-bond acceptors (Lipinski definition) is 4. The Morgan fingerprint density at radius 2 is 2.13 bits per heavy atom. The number of carbonyl (C=O) groups excluding carboxylic acids is 1. The first-order chi connectivity index (χ1) is 11.0. The van der Waals surface area contributed by atoms with Gasteiger partial charge in [-0.15, -0.1) is 0 Å². The molecule has 1 fully saturated rings. The van der Waals surface area contributed by atoms with E-state index in [2.05, 4.69) is 5.32 Å². The molecule has 0 aliphatic carbocycles. The summed E-state index contributed by atoms with van der Waals surface area (Å²) in [5.41, 5.74) is 1.31. The van der Waals surface area contributed by atoms with Gasteiger partial charge in [0.25, 0.3) is 0 Å². The third-order valence-electron chi connectivity index (χ3n) is 3.85. The van der Waals surface area contributed by atoms with Gasteiger partial charge in [-0.2, -0.15) is 0 Å². The van der Waals surface area contributed by atoms with E-state index in [0.717, 1.165) is 12.8 Å². The second kappa shape index (κ2) is 8.08. The molecule has 6 heteroatoms. The van der Waals surface area contributed by atoms with E-state index in [1.54, 1.807) is 6.07 Å². The van der Waals surface area contributed by atoms with Gasteiger partial charge in [0.2, 0.25) is 5.91 Å². The number of anilines is 1. The summed E-state index contributed by atoms with van der Waals surface area (Å²) in [6.07, 6.45) is 3.47. The first kappa shape index (κ1) is 17.4. The van der Waals surface area contributed by atoms with E-state index in [9.17, 15) is 9.59 Å². The van der Waals surface area contributed by atoms with E-state index < -0.39 is 5.97 Å². The summed E-state index contributed by atoms with van der Waals surface area (Å²) in [6.45, 7) is 2.33. The number of hydrogen-bond donors (Lipinski definition) is 2. The minimum atomic E-state index is -1.04. The van der Waals surface area contributed by atoms with Crippen LogP contribution in [-0.4, -0.2) is 36.3 Å². The fourth-order valence-corrected chi connectivity index (χ4v) is 2.75. The lowest BCUT2D eigenvalue weighted by atomic mass is 10.1. The van der Waals surface area contributed by atoms with E-state index in [1.807, 2.05) is 6.92 Å². The van der Waals surface area contributed by atoms with Crippen LogP contribution in [0.4, 0.5) is 5.69 Å². The van der Waals surface area contributed by atoms with E-state index in [4.69, 9.17) is 14.6 Å². The summed E-state index contributed by atoms with van der Waals surface area (Å²) < 4.78 is 10.7. The maximum Gasteiger partial charge on any atom is 0.335 e. The highest BCUT2D eigenvalue weighted by molar-refractivity contribution is 5.94. The highest BCUT2D eigenvalue weighted by atomic mass is 16.5. The number of rotatable bonds is 7. The Morgan fingerprint density at radius 1 is 1.35 bits per heavy atom. The summed E-state index contributed by atoms with van der Waals surface area (Å²) in [5.74, 6) is -1.18. The highest BCUT2D eigenvalue weighted by Crippen LogP contribution is 2.23. The number of aromatic carboxylic acids is 1. The molecule has 1 amide bonds. The van der Waals surface area contributed by atoms with Gasteiger partial charge in [-0.25, -0.2) is 4.79 Å². The third kappa shape index (κ3) is 5.33. The zero-order valence-electron chi connectivity index (χ0n) is 13.5. The average molecular weight is 321 g/mol. The van der Waals surface area contributed by atoms with Crippen LogP contribution in [0.5, 0.6) is 0 Å². The van der Waals surface area contributed by atoms with Crippen molar-refractivity contribution in [2.24, 2.45) is 0 Å². The highest BCUT2D eigenvalue weighted by Gasteiger charge is 2.22. The van der Waals surface area contributed by atoms with Crippen molar-refractivity contribution < 1.29 is 24.2 Å². The molecule has 0 bridgehead atoms. The van der Waals surface area contributed by atoms with Gasteiger partial charge >= 0.3 is 5.97 Å². The van der Waals surface area contributed by atoms with Crippen LogP contribution in [0.25, 0.3) is 0 Å². The van der Waals surface area contributed by atoms with Crippen LogP contribution in [0.2, 0.25) is 0 Å². The lowest BCUT2D eigenvalue weighted by Gasteiger charge is -2.12. The fourth-order valence-electron chi connectivity index (χ4n) is 2.75. The Morgan fingerprint density at radius 3 is 2.74 bits per heavy atom. The van der Waals surface area contributed by atoms with Gasteiger partial charge in [-0.1, -0.05) is 0 Å². The SMILES string of the molecule is COCc1cc(NC(=O)CCC2CCC(C)O2)cc(C(=O)O)c1. The minimum Gasteiger partial charge on any atom is -0.478 e. The molecule has 0 saturated carbocycles. The quantitative estimate of drug-likeness (QED) is 0.806. The molecule has 2 N–H and O–H groups in total. The molecule has 2 rings (SSSR count). The number of ether oxygens (including phenoxy) is 2. The Balaban J connectivity index is 1.95. The van der Waals surface area contributed by atoms with Gasteiger partial charge in [0.1, 0.15) is 0 Å². The molecule has 1 aliphatic heterocycles. The number of methoxy groups -OCH3 is 1. The summed E-state index contributed by atoms with van der Waals surface area (Å²) in [5, 5.41) is 11.9. The molecule has 6 nitrogen and oxygen atoms in total. The largest absolute Gasteiger partial charge is 0.478 e. The molecule has 1 aliphatic rings. The number of benzene rings is 1. The van der Waals surface area contributed by atoms with Gasteiger partial charge in [0, 0.05) is 19.2 Å². The van der Waals surface area contributed by atoms with Crippen LogP contribution in [0.1, 0.15) is 48.5 Å². The second-order valence-corrected chi connectivity index (χ2v) is 5.89. The molecule has 126 valence electrons. The van der Waals surface area contributed by atoms with Crippen LogP contribution in [-0.2, 0) is 20.9 Å². The van der Waals surface area contributed by atoms with E-state index >= 15 is 0 Å². The number of carbonyl (C=O) groups is 2. The maximum absolute atomic E-state index is 12.1. The molecular weight excluding hydrogens is 298 g/mol. The summed E-state index contributed by atoms with van der Waals surface area (Å²) in [6, 6.07) is 4.71. The standard InChI is InChI=1S/C17H23NO5/c1-11-3-4-15(23-11)5-6-16(19)18-14-8-12(10-22-2)7-13(9-14)17(20)21/h7-9,11,15H,3-6,10H2,1-2H3,(H,18,19)(H,20,21). The molecule has 0 radical (unpaired) electrons. The molecular formula is C17H23NO5. The molecule has 2 unspecified atom stereocenters. The molecule has 0 spiro atoms. The predicted molar refractivity (Wildman–Crippen MR) is 85.5 cm³/mol. The number of nitrogens with one attached hydrogen (secondary N) is 1. The lowest BCUT2D eigenvalue weighted by Crippen LogP contribution is -2.16. The summed E-state index contributed by atoms with van der Waals surface area (Å²) in [4.78, 5) is 23.2. The van der Waals surface area contributed by atoms with E-state index in [1.165, 1.54) is 19.2 Å². The number of carboxylic acid groups (broad SMARTS) is 1. The van der Waals surface area contributed by atoms with Crippen molar-refractivity contribution in [3.05, 3.63) is 29.3 Å². The molecule has 23 heavy (non-hydrogen) atoms. The Labute approximate surface area is 135 Å². The monoisotopic (exact) mass is 321 g/mol. The van der Waals surface area contributed by atoms with Crippen molar-refractivity contribution in [3.63, 3.8) is 0 Å². The maximum atomic E-state index is 12.1. The fraction of sp³-hybridized carbons (Fsp3) is 0.529. The van der Waals surface area contributed by atoms with Crippen LogP contribution < -0.4 is 5.32 Å². The predicted octanol–water partition coefficient (Wildman–Crippen LogP) is 2.82. The van der Waals surface area contributed by atoms with Gasteiger partial charge in [0.05, 0.1) is 24.4 Å². The van der Waals surface area contributed by atoms with Crippen LogP contribution >= 0.6 is 0 Å². The van der Waals surface area contributed by atoms with Crippen molar-refractivity contribution in [2.75, 3.05) is 12.4 Å². The van der Waals surface area contributed by atoms with Crippen molar-refractivity contribution in [2.45, 2.75) is 51.4 Å². The van der Waals surface area contributed by atoms with E-state index in [-0.39, 0.29) is 30.3 Å². The second-order valence-electron chi connectivity index (χ2n) is 5.89. The average Bonchev–Trinajstić information content (AvgIpc) is 2.91. The van der Waals surface area contributed by atoms with Crippen LogP contribution in [0, 0.1) is 0 Å². The first-order valence-electron chi connectivity index (χ1n) is 7.79. The lowest BCUT2D eigenvalue weighted by molar-refractivity contribution is -0.116. The summed E-state index contributed by atoms with van der Waals surface area (Å²) >= 11 is 0. The normalized spacial score (nSPS) is 20.4. The van der Waals surface area contributed by atoms with Gasteiger partial charge < -0.3 is 19.9 Å². The zero-order valence-corrected chi connectivity index (χ0v) is 13.5. The molecule has 2 atom stereocenters. The van der Waals surface area contributed by atoms with Crippen molar-refractivity contribution in [3.8, 4) is 0 Å². The minimum absolute atomic E-state index is 0.128. The Kier molecular flexibility index (Phi) is 6.12. The first-order valence-corrected chi connectivity index (χ1v) is 7.79. The van der Waals surface area contributed by atoms with Crippen LogP contribution in [0.15, 0.2) is 18.2 Å². The van der Waals surface area contributed by atoms with Gasteiger partial charge in [-0.3, -0.25) is 4.79 Å². The molecule has 1 heterocycles. The molecule has 1 aromatic rings. The Hall–Kier alpha value is -1.92. The summed E-state index contributed by atoms with van der Waals surface area (Å²) in [7, 11) is 1.54. The van der Waals surface area contributed by atoms with Gasteiger partial charge in [0.15, 0.2) is 0 Å². The van der Waals surface area contributed by atoms with Crippen molar-refractivity contribution in [1.29, 1.82) is 0 Å². The molecule has 0 aromatic heterocycles.